The Morgan fingerprint density at radius 2 is 1.85 bits per heavy atom. The predicted molar refractivity (Wildman–Crippen MR) is 76.7 cm³/mol. The topological polar surface area (TPSA) is 55.6 Å². The van der Waals surface area contributed by atoms with Crippen LogP contribution in [0.1, 0.15) is 10.4 Å². The van der Waals surface area contributed by atoms with Crippen molar-refractivity contribution >= 4 is 23.0 Å². The molecule has 2 aromatic carbocycles. The Morgan fingerprint density at radius 1 is 1.20 bits per heavy atom. The van der Waals surface area contributed by atoms with Crippen molar-refractivity contribution < 1.29 is 13.9 Å². The lowest BCUT2D eigenvalue weighted by Gasteiger charge is -2.22. The van der Waals surface area contributed by atoms with Crippen molar-refractivity contribution in [2.45, 2.75) is 0 Å². The number of nitrogens with two attached hydrogens (primary N) is 1. The van der Waals surface area contributed by atoms with E-state index in [0.717, 1.165) is 5.69 Å². The Labute approximate surface area is 116 Å². The van der Waals surface area contributed by atoms with Crippen molar-refractivity contribution in [2.75, 3.05) is 24.8 Å². The van der Waals surface area contributed by atoms with Crippen LogP contribution in [0.5, 0.6) is 0 Å². The smallest absolute Gasteiger partial charge is 0.340 e. The number of halogens is 1. The lowest BCUT2D eigenvalue weighted by Crippen LogP contribution is -2.14. The standard InChI is InChI=1S/C15H15FN2O2/c1-18(11-8-6-10(16)7-9-11)13-5-3-4-12(14(13)17)15(19)20-2/h3-9H,17H2,1-2H3. The number of esters is 1. The van der Waals surface area contributed by atoms with E-state index in [1.54, 1.807) is 42.3 Å². The van der Waals surface area contributed by atoms with Gasteiger partial charge in [-0.25, -0.2) is 9.18 Å². The molecule has 4 nitrogen and oxygen atoms in total. The number of hydrogen-bond donors (Lipinski definition) is 1. The molecule has 0 spiro atoms. The average Bonchev–Trinajstić information content (AvgIpc) is 2.47. The van der Waals surface area contributed by atoms with E-state index in [4.69, 9.17) is 5.73 Å². The van der Waals surface area contributed by atoms with Crippen LogP contribution in [0.2, 0.25) is 0 Å². The van der Waals surface area contributed by atoms with Gasteiger partial charge in [0, 0.05) is 12.7 Å². The summed E-state index contributed by atoms with van der Waals surface area (Å²) in [7, 11) is 3.10. The number of carbonyl (C=O) groups excluding carboxylic acids is 1. The van der Waals surface area contributed by atoms with Crippen molar-refractivity contribution in [2.24, 2.45) is 0 Å². The number of para-hydroxylation sites is 1. The van der Waals surface area contributed by atoms with E-state index >= 15 is 0 Å². The van der Waals surface area contributed by atoms with Gasteiger partial charge in [-0.3, -0.25) is 0 Å². The quantitative estimate of drug-likeness (QED) is 0.690. The largest absolute Gasteiger partial charge is 0.465 e. The number of methoxy groups -OCH3 is 1. The van der Waals surface area contributed by atoms with E-state index in [1.165, 1.54) is 19.2 Å². The molecule has 0 amide bonds. The van der Waals surface area contributed by atoms with Crippen LogP contribution >= 0.6 is 0 Å². The van der Waals surface area contributed by atoms with Crippen molar-refractivity contribution in [1.82, 2.24) is 0 Å². The maximum Gasteiger partial charge on any atom is 0.340 e. The molecular formula is C15H15FN2O2. The number of nitrogen functional groups attached to an aromatic ring is 1. The molecule has 0 heterocycles. The van der Waals surface area contributed by atoms with E-state index in [0.29, 0.717) is 16.9 Å². The summed E-state index contributed by atoms with van der Waals surface area (Å²) in [6.07, 6.45) is 0. The molecule has 0 saturated heterocycles. The molecule has 0 fully saturated rings. The van der Waals surface area contributed by atoms with E-state index in [9.17, 15) is 9.18 Å². The average molecular weight is 274 g/mol. The summed E-state index contributed by atoms with van der Waals surface area (Å²) < 4.78 is 17.6. The molecule has 0 aliphatic heterocycles. The second-order valence-electron chi connectivity index (χ2n) is 4.27. The van der Waals surface area contributed by atoms with Crippen LogP contribution in [0.4, 0.5) is 21.5 Å². The summed E-state index contributed by atoms with van der Waals surface area (Å²) in [6, 6.07) is 11.1. The van der Waals surface area contributed by atoms with Crippen molar-refractivity contribution in [3.05, 3.63) is 53.8 Å². The van der Waals surface area contributed by atoms with Crippen molar-refractivity contribution in [3.63, 3.8) is 0 Å². The first-order chi connectivity index (χ1) is 9.54. The molecule has 0 unspecified atom stereocenters. The zero-order valence-electron chi connectivity index (χ0n) is 11.3. The normalized spacial score (nSPS) is 10.2. The van der Waals surface area contributed by atoms with Gasteiger partial charge in [0.25, 0.3) is 0 Å². The molecule has 2 rings (SSSR count). The first-order valence-electron chi connectivity index (χ1n) is 6.00. The van der Waals surface area contributed by atoms with Crippen LogP contribution in [0.15, 0.2) is 42.5 Å². The molecule has 20 heavy (non-hydrogen) atoms. The highest BCUT2D eigenvalue weighted by Crippen LogP contribution is 2.31. The summed E-state index contributed by atoms with van der Waals surface area (Å²) >= 11 is 0. The monoisotopic (exact) mass is 274 g/mol. The second-order valence-corrected chi connectivity index (χ2v) is 4.27. The fourth-order valence-corrected chi connectivity index (χ4v) is 1.94. The van der Waals surface area contributed by atoms with Crippen molar-refractivity contribution in [3.8, 4) is 0 Å². The zero-order valence-corrected chi connectivity index (χ0v) is 11.3. The summed E-state index contributed by atoms with van der Waals surface area (Å²) in [4.78, 5) is 13.4. The maximum absolute atomic E-state index is 12.9. The summed E-state index contributed by atoms with van der Waals surface area (Å²) in [5, 5.41) is 0. The molecule has 0 aliphatic carbocycles. The fourth-order valence-electron chi connectivity index (χ4n) is 1.94. The van der Waals surface area contributed by atoms with Gasteiger partial charge in [-0.05, 0) is 36.4 Å². The van der Waals surface area contributed by atoms with Crippen LogP contribution in [-0.2, 0) is 4.74 Å². The highest BCUT2D eigenvalue weighted by Gasteiger charge is 2.15. The number of hydrogen-bond acceptors (Lipinski definition) is 4. The van der Waals surface area contributed by atoms with Crippen LogP contribution in [0, 0.1) is 5.82 Å². The lowest BCUT2D eigenvalue weighted by atomic mass is 10.1. The molecule has 0 aliphatic rings. The van der Waals surface area contributed by atoms with Gasteiger partial charge in [0.2, 0.25) is 0 Å². The minimum absolute atomic E-state index is 0.305. The Bertz CT molecular complexity index is 626. The highest BCUT2D eigenvalue weighted by molar-refractivity contribution is 5.99. The Hall–Kier alpha value is -2.56. The number of rotatable bonds is 3. The fraction of sp³-hybridized carbons (Fsp3) is 0.133. The van der Waals surface area contributed by atoms with Crippen LogP contribution in [-0.4, -0.2) is 20.1 Å². The molecular weight excluding hydrogens is 259 g/mol. The van der Waals surface area contributed by atoms with E-state index in [2.05, 4.69) is 4.74 Å². The SMILES string of the molecule is COC(=O)c1cccc(N(C)c2ccc(F)cc2)c1N. The molecule has 0 radical (unpaired) electrons. The zero-order chi connectivity index (χ0) is 14.7. The molecule has 2 N–H and O–H groups in total. The third kappa shape index (κ3) is 2.56. The van der Waals surface area contributed by atoms with Crippen molar-refractivity contribution in [1.29, 1.82) is 0 Å². The van der Waals surface area contributed by atoms with Gasteiger partial charge in [0.15, 0.2) is 0 Å². The van der Waals surface area contributed by atoms with Crippen LogP contribution in [0.3, 0.4) is 0 Å². The van der Waals surface area contributed by atoms with Gasteiger partial charge in [-0.15, -0.1) is 0 Å². The van der Waals surface area contributed by atoms with Gasteiger partial charge < -0.3 is 15.4 Å². The third-order valence-corrected chi connectivity index (χ3v) is 3.06. The lowest BCUT2D eigenvalue weighted by molar-refractivity contribution is 0.0602. The number of benzene rings is 2. The van der Waals surface area contributed by atoms with E-state index < -0.39 is 5.97 Å². The first kappa shape index (κ1) is 13.9. The molecule has 5 heteroatoms. The van der Waals surface area contributed by atoms with Gasteiger partial charge in [-0.1, -0.05) is 6.07 Å². The minimum atomic E-state index is -0.489. The highest BCUT2D eigenvalue weighted by atomic mass is 19.1. The van der Waals surface area contributed by atoms with E-state index in [-0.39, 0.29) is 5.82 Å². The first-order valence-corrected chi connectivity index (χ1v) is 6.00. The molecule has 104 valence electrons. The maximum atomic E-state index is 12.9. The molecule has 0 aromatic heterocycles. The summed E-state index contributed by atoms with van der Waals surface area (Å²) in [5.74, 6) is -0.796. The third-order valence-electron chi connectivity index (χ3n) is 3.06. The van der Waals surface area contributed by atoms with Gasteiger partial charge in [-0.2, -0.15) is 0 Å². The second kappa shape index (κ2) is 5.61. The summed E-state index contributed by atoms with van der Waals surface area (Å²) in [6.45, 7) is 0. The summed E-state index contributed by atoms with van der Waals surface area (Å²) in [5.41, 5.74) is 8.06. The Morgan fingerprint density at radius 3 is 2.45 bits per heavy atom. The Balaban J connectivity index is 2.42. The minimum Gasteiger partial charge on any atom is -0.465 e. The number of carbonyl (C=O) groups is 1. The Kier molecular flexibility index (Phi) is 3.89. The molecule has 0 bridgehead atoms. The van der Waals surface area contributed by atoms with Crippen LogP contribution < -0.4 is 10.6 Å². The predicted octanol–water partition coefficient (Wildman–Crippen LogP) is 2.96. The number of anilines is 3. The molecule has 2 aromatic rings. The van der Waals surface area contributed by atoms with E-state index in [1.807, 2.05) is 0 Å². The van der Waals surface area contributed by atoms with Gasteiger partial charge in [0.1, 0.15) is 5.82 Å². The number of ether oxygens (including phenoxy) is 1. The molecule has 0 saturated carbocycles. The van der Waals surface area contributed by atoms with Gasteiger partial charge >= 0.3 is 5.97 Å². The molecule has 0 atom stereocenters. The van der Waals surface area contributed by atoms with Gasteiger partial charge in [0.05, 0.1) is 24.0 Å². The number of nitrogens with zero attached hydrogens (tertiary/aromatic N) is 1. The van der Waals surface area contributed by atoms with Crippen LogP contribution in [0.25, 0.3) is 0 Å².